The lowest BCUT2D eigenvalue weighted by Crippen LogP contribution is -2.35. The fourth-order valence-corrected chi connectivity index (χ4v) is 4.48. The normalized spacial score (nSPS) is 17.8. The maximum atomic E-state index is 13.2. The summed E-state index contributed by atoms with van der Waals surface area (Å²) in [5.41, 5.74) is 2.75. The lowest BCUT2D eigenvalue weighted by atomic mass is 9.95. The van der Waals surface area contributed by atoms with Gasteiger partial charge in [-0.15, -0.1) is 0 Å². The molecule has 0 saturated carbocycles. The maximum absolute atomic E-state index is 13.2. The summed E-state index contributed by atoms with van der Waals surface area (Å²) in [7, 11) is 3.82. The second-order valence-electron chi connectivity index (χ2n) is 8.24. The highest BCUT2D eigenvalue weighted by Gasteiger charge is 2.46. The number of hydrogen-bond donors (Lipinski definition) is 1. The molecule has 1 atom stereocenters. The van der Waals surface area contributed by atoms with Gasteiger partial charge < -0.3 is 14.9 Å². The van der Waals surface area contributed by atoms with Crippen molar-refractivity contribution in [2.24, 2.45) is 0 Å². The summed E-state index contributed by atoms with van der Waals surface area (Å²) in [6.07, 6.45) is 1.53. The van der Waals surface area contributed by atoms with E-state index in [1.807, 2.05) is 80.5 Å². The molecule has 1 saturated heterocycles. The highest BCUT2D eigenvalue weighted by molar-refractivity contribution is 9.10. The van der Waals surface area contributed by atoms with E-state index in [2.05, 4.69) is 21.0 Å². The van der Waals surface area contributed by atoms with E-state index in [9.17, 15) is 14.7 Å². The van der Waals surface area contributed by atoms with Gasteiger partial charge in [0.05, 0.1) is 34.8 Å². The minimum Gasteiger partial charge on any atom is -0.507 e. The van der Waals surface area contributed by atoms with Crippen LogP contribution in [0.25, 0.3) is 11.4 Å². The minimum absolute atomic E-state index is 0.0765. The minimum atomic E-state index is -0.693. The van der Waals surface area contributed by atoms with Crippen molar-refractivity contribution in [1.82, 2.24) is 19.6 Å². The van der Waals surface area contributed by atoms with Crippen LogP contribution in [0.1, 0.15) is 22.9 Å². The van der Waals surface area contributed by atoms with Crippen molar-refractivity contribution in [2.45, 2.75) is 13.0 Å². The number of rotatable bonds is 6. The van der Waals surface area contributed by atoms with Crippen molar-refractivity contribution in [3.05, 3.63) is 87.7 Å². The molecule has 1 aliphatic rings. The van der Waals surface area contributed by atoms with Gasteiger partial charge in [-0.25, -0.2) is 4.68 Å². The lowest BCUT2D eigenvalue weighted by Gasteiger charge is -2.26. The summed E-state index contributed by atoms with van der Waals surface area (Å²) in [4.78, 5) is 29.7. The molecule has 170 valence electrons. The number of carbonyl (C=O) groups is 2. The monoisotopic (exact) mass is 508 g/mol. The third-order valence-corrected chi connectivity index (χ3v) is 6.25. The first-order valence-corrected chi connectivity index (χ1v) is 11.4. The molecule has 0 spiro atoms. The summed E-state index contributed by atoms with van der Waals surface area (Å²) in [5.74, 6) is -1.52. The van der Waals surface area contributed by atoms with E-state index in [0.717, 1.165) is 15.7 Å². The van der Waals surface area contributed by atoms with E-state index in [0.29, 0.717) is 24.3 Å². The lowest BCUT2D eigenvalue weighted by molar-refractivity contribution is -0.140. The number of Topliss-reactive ketones (excluding diaryl/α,β-unsaturated/α-hetero) is 1. The van der Waals surface area contributed by atoms with Gasteiger partial charge in [0.1, 0.15) is 5.76 Å². The largest absolute Gasteiger partial charge is 0.507 e. The molecular weight excluding hydrogens is 484 g/mol. The van der Waals surface area contributed by atoms with Gasteiger partial charge in [-0.05, 0) is 50.8 Å². The Labute approximate surface area is 201 Å². The first-order valence-electron chi connectivity index (χ1n) is 10.6. The first kappa shape index (κ1) is 22.9. The van der Waals surface area contributed by atoms with Crippen LogP contribution in [-0.4, -0.2) is 63.6 Å². The van der Waals surface area contributed by atoms with Crippen LogP contribution in [0.5, 0.6) is 0 Å². The molecular formula is C25H25BrN4O3. The van der Waals surface area contributed by atoms with Gasteiger partial charge in [0.25, 0.3) is 11.7 Å². The number of hydrogen-bond acceptors (Lipinski definition) is 5. The molecule has 0 bridgehead atoms. The highest BCUT2D eigenvalue weighted by Crippen LogP contribution is 2.40. The Balaban J connectivity index is 1.85. The number of aliphatic hydroxyl groups is 1. The van der Waals surface area contributed by atoms with E-state index < -0.39 is 17.7 Å². The van der Waals surface area contributed by atoms with E-state index >= 15 is 0 Å². The predicted octanol–water partition coefficient (Wildman–Crippen LogP) is 3.93. The molecule has 1 aliphatic heterocycles. The van der Waals surface area contributed by atoms with Crippen molar-refractivity contribution >= 4 is 33.4 Å². The molecule has 8 heteroatoms. The van der Waals surface area contributed by atoms with Crippen molar-refractivity contribution in [1.29, 1.82) is 0 Å². The van der Waals surface area contributed by atoms with Crippen LogP contribution in [0, 0.1) is 6.92 Å². The summed E-state index contributed by atoms with van der Waals surface area (Å²) in [5, 5.41) is 15.8. The van der Waals surface area contributed by atoms with Gasteiger partial charge in [0.15, 0.2) is 0 Å². The fourth-order valence-electron chi connectivity index (χ4n) is 4.06. The first-order chi connectivity index (χ1) is 15.8. The number of likely N-dealkylation sites (N-methyl/N-ethyl adjacent to an activating group) is 1. The third kappa shape index (κ3) is 4.36. The van der Waals surface area contributed by atoms with Crippen LogP contribution in [0.4, 0.5) is 0 Å². The third-order valence-electron chi connectivity index (χ3n) is 5.76. The second kappa shape index (κ2) is 9.33. The average molecular weight is 509 g/mol. The summed E-state index contributed by atoms with van der Waals surface area (Å²) in [6, 6.07) is 16.3. The zero-order chi connectivity index (χ0) is 23.7. The van der Waals surface area contributed by atoms with Crippen LogP contribution in [-0.2, 0) is 9.59 Å². The maximum Gasteiger partial charge on any atom is 0.295 e. The van der Waals surface area contributed by atoms with Crippen LogP contribution < -0.4 is 0 Å². The average Bonchev–Trinajstić information content (AvgIpc) is 3.30. The summed E-state index contributed by atoms with van der Waals surface area (Å²) >= 11 is 3.48. The molecule has 4 rings (SSSR count). The number of amides is 1. The number of aliphatic hydroxyl groups excluding tert-OH is 1. The van der Waals surface area contributed by atoms with Crippen molar-refractivity contribution in [2.75, 3.05) is 27.2 Å². The smallest absolute Gasteiger partial charge is 0.295 e. The molecule has 7 nitrogen and oxygen atoms in total. The van der Waals surface area contributed by atoms with E-state index in [1.54, 1.807) is 4.68 Å². The number of ketones is 1. The Morgan fingerprint density at radius 3 is 2.52 bits per heavy atom. The van der Waals surface area contributed by atoms with Crippen LogP contribution >= 0.6 is 15.9 Å². The van der Waals surface area contributed by atoms with Gasteiger partial charge in [-0.2, -0.15) is 5.10 Å². The number of aromatic nitrogens is 2. The Hall–Kier alpha value is -3.23. The number of para-hydroxylation sites is 1. The number of carbonyl (C=O) groups excluding carboxylic acids is 2. The number of likely N-dealkylation sites (tertiary alicyclic amines) is 1. The van der Waals surface area contributed by atoms with Gasteiger partial charge in [0, 0.05) is 17.6 Å². The molecule has 1 N–H and O–H groups in total. The Morgan fingerprint density at radius 1 is 1.12 bits per heavy atom. The van der Waals surface area contributed by atoms with Gasteiger partial charge in [-0.1, -0.05) is 46.3 Å². The van der Waals surface area contributed by atoms with Gasteiger partial charge in [-0.3, -0.25) is 9.59 Å². The van der Waals surface area contributed by atoms with E-state index in [-0.39, 0.29) is 11.3 Å². The highest BCUT2D eigenvalue weighted by atomic mass is 79.9. The molecule has 2 heterocycles. The number of halogens is 1. The molecule has 0 radical (unpaired) electrons. The molecule has 1 aromatic heterocycles. The van der Waals surface area contributed by atoms with Crippen molar-refractivity contribution < 1.29 is 14.7 Å². The molecule has 33 heavy (non-hydrogen) atoms. The summed E-state index contributed by atoms with van der Waals surface area (Å²) in [6.45, 7) is 2.77. The van der Waals surface area contributed by atoms with Crippen molar-refractivity contribution in [3.8, 4) is 5.69 Å². The second-order valence-corrected chi connectivity index (χ2v) is 9.16. The van der Waals surface area contributed by atoms with E-state index in [4.69, 9.17) is 0 Å². The van der Waals surface area contributed by atoms with Crippen LogP contribution in [0.2, 0.25) is 0 Å². The predicted molar refractivity (Wildman–Crippen MR) is 130 cm³/mol. The van der Waals surface area contributed by atoms with Crippen LogP contribution in [0.3, 0.4) is 0 Å². The Morgan fingerprint density at radius 2 is 1.85 bits per heavy atom. The molecule has 1 fully saturated rings. The molecule has 1 amide bonds. The topological polar surface area (TPSA) is 78.7 Å². The van der Waals surface area contributed by atoms with Crippen molar-refractivity contribution in [3.63, 3.8) is 0 Å². The zero-order valence-electron chi connectivity index (χ0n) is 18.7. The molecule has 0 aliphatic carbocycles. The molecule has 3 aromatic rings. The zero-order valence-corrected chi connectivity index (χ0v) is 20.3. The standard InChI is InChI=1S/C25H25BrN4O3/c1-16-20(15-27-30(16)19-10-5-4-6-11-19)23(31)21-22(17-8-7-9-18(26)14-17)29(13-12-28(2)3)25(33)24(21)32/h4-11,14-15,22,31H,12-13H2,1-3H3/b23-21+. The van der Waals surface area contributed by atoms with Gasteiger partial charge >= 0.3 is 0 Å². The number of benzene rings is 2. The SMILES string of the molecule is Cc1c(/C(O)=C2\C(=O)C(=O)N(CCN(C)C)C2c2cccc(Br)c2)cnn1-c1ccccc1. The summed E-state index contributed by atoms with van der Waals surface area (Å²) < 4.78 is 2.52. The van der Waals surface area contributed by atoms with Crippen LogP contribution in [0.15, 0.2) is 70.8 Å². The molecule has 1 unspecified atom stereocenters. The Bertz CT molecular complexity index is 1230. The molecule has 2 aromatic carbocycles. The van der Waals surface area contributed by atoms with Gasteiger partial charge in [0.2, 0.25) is 0 Å². The van der Waals surface area contributed by atoms with E-state index in [1.165, 1.54) is 11.1 Å². The Kier molecular flexibility index (Phi) is 6.49. The quantitative estimate of drug-likeness (QED) is 0.310. The fraction of sp³-hybridized carbons (Fsp3) is 0.240. The number of nitrogens with zero attached hydrogens (tertiary/aromatic N) is 4.